The first kappa shape index (κ1) is 11.1. The SMILES string of the molecule is Cc1ccc(SNC(=O)C(C)C)cc1. The lowest BCUT2D eigenvalue weighted by atomic mass is 10.2. The molecule has 0 aliphatic rings. The van der Waals surface area contributed by atoms with Gasteiger partial charge >= 0.3 is 0 Å². The molecule has 1 aromatic carbocycles. The molecule has 2 nitrogen and oxygen atoms in total. The minimum Gasteiger partial charge on any atom is -0.296 e. The van der Waals surface area contributed by atoms with Crippen LogP contribution >= 0.6 is 11.9 Å². The van der Waals surface area contributed by atoms with Crippen LogP contribution in [0.15, 0.2) is 29.2 Å². The quantitative estimate of drug-likeness (QED) is 0.776. The molecule has 0 bridgehead atoms. The van der Waals surface area contributed by atoms with E-state index in [9.17, 15) is 4.79 Å². The van der Waals surface area contributed by atoms with Crippen LogP contribution in [-0.2, 0) is 4.79 Å². The normalized spacial score (nSPS) is 10.3. The summed E-state index contributed by atoms with van der Waals surface area (Å²) in [6.07, 6.45) is 0. The second-order valence-electron chi connectivity index (χ2n) is 3.54. The average Bonchev–Trinajstić information content (AvgIpc) is 2.16. The molecule has 1 N–H and O–H groups in total. The maximum atomic E-state index is 11.3. The van der Waals surface area contributed by atoms with Crippen LogP contribution in [0.5, 0.6) is 0 Å². The van der Waals surface area contributed by atoms with Crippen LogP contribution in [0.4, 0.5) is 0 Å². The molecule has 1 aromatic rings. The lowest BCUT2D eigenvalue weighted by Gasteiger charge is -2.06. The summed E-state index contributed by atoms with van der Waals surface area (Å²) in [5, 5.41) is 0. The maximum absolute atomic E-state index is 11.3. The molecule has 0 aromatic heterocycles. The molecule has 14 heavy (non-hydrogen) atoms. The molecule has 3 heteroatoms. The number of amides is 1. The van der Waals surface area contributed by atoms with Crippen LogP contribution in [0.3, 0.4) is 0 Å². The number of carbonyl (C=O) groups excluding carboxylic acids is 1. The van der Waals surface area contributed by atoms with Gasteiger partial charge in [0.15, 0.2) is 0 Å². The van der Waals surface area contributed by atoms with Crippen molar-refractivity contribution in [2.24, 2.45) is 5.92 Å². The van der Waals surface area contributed by atoms with E-state index in [2.05, 4.69) is 4.72 Å². The van der Waals surface area contributed by atoms with Crippen molar-refractivity contribution in [3.63, 3.8) is 0 Å². The van der Waals surface area contributed by atoms with E-state index in [-0.39, 0.29) is 11.8 Å². The van der Waals surface area contributed by atoms with E-state index in [0.29, 0.717) is 0 Å². The van der Waals surface area contributed by atoms with Gasteiger partial charge in [-0.2, -0.15) is 0 Å². The van der Waals surface area contributed by atoms with Gasteiger partial charge in [0, 0.05) is 10.8 Å². The minimum absolute atomic E-state index is 0.0351. The Hall–Kier alpha value is -0.960. The average molecular weight is 209 g/mol. The van der Waals surface area contributed by atoms with Gasteiger partial charge in [0.2, 0.25) is 5.91 Å². The number of benzene rings is 1. The zero-order valence-electron chi connectivity index (χ0n) is 8.70. The largest absolute Gasteiger partial charge is 0.296 e. The van der Waals surface area contributed by atoms with Crippen molar-refractivity contribution >= 4 is 17.9 Å². The van der Waals surface area contributed by atoms with Crippen LogP contribution in [-0.4, -0.2) is 5.91 Å². The fourth-order valence-corrected chi connectivity index (χ4v) is 1.56. The highest BCUT2D eigenvalue weighted by atomic mass is 32.2. The van der Waals surface area contributed by atoms with Crippen LogP contribution in [0.25, 0.3) is 0 Å². The van der Waals surface area contributed by atoms with Crippen molar-refractivity contribution in [1.82, 2.24) is 4.72 Å². The number of hydrogen-bond donors (Lipinski definition) is 1. The molecule has 76 valence electrons. The molecule has 0 unspecified atom stereocenters. The molecule has 0 heterocycles. The van der Waals surface area contributed by atoms with E-state index in [1.54, 1.807) is 0 Å². The predicted molar refractivity (Wildman–Crippen MR) is 60.0 cm³/mol. The molecule has 0 saturated carbocycles. The van der Waals surface area contributed by atoms with Crippen LogP contribution in [0.2, 0.25) is 0 Å². The summed E-state index contributed by atoms with van der Waals surface area (Å²) in [5.41, 5.74) is 1.23. The third-order valence-corrected chi connectivity index (χ3v) is 2.63. The number of rotatable bonds is 3. The summed E-state index contributed by atoms with van der Waals surface area (Å²) < 4.78 is 2.80. The van der Waals surface area contributed by atoms with Crippen molar-refractivity contribution in [3.05, 3.63) is 29.8 Å². The first-order chi connectivity index (χ1) is 6.59. The summed E-state index contributed by atoms with van der Waals surface area (Å²) >= 11 is 1.37. The fraction of sp³-hybridized carbons (Fsp3) is 0.364. The second-order valence-corrected chi connectivity index (χ2v) is 4.42. The topological polar surface area (TPSA) is 29.1 Å². The monoisotopic (exact) mass is 209 g/mol. The van der Waals surface area contributed by atoms with E-state index >= 15 is 0 Å². The van der Waals surface area contributed by atoms with Crippen molar-refractivity contribution < 1.29 is 4.79 Å². The van der Waals surface area contributed by atoms with Gasteiger partial charge in [0.05, 0.1) is 0 Å². The molecule has 1 rings (SSSR count). The lowest BCUT2D eigenvalue weighted by molar-refractivity contribution is -0.122. The maximum Gasteiger partial charge on any atom is 0.232 e. The molecule has 0 aliphatic carbocycles. The van der Waals surface area contributed by atoms with E-state index in [1.807, 2.05) is 45.0 Å². The summed E-state index contributed by atoms with van der Waals surface area (Å²) in [7, 11) is 0. The Kier molecular flexibility index (Phi) is 4.01. The highest BCUT2D eigenvalue weighted by Crippen LogP contribution is 2.15. The van der Waals surface area contributed by atoms with Crippen LogP contribution < -0.4 is 4.72 Å². The third kappa shape index (κ3) is 3.42. The van der Waals surface area contributed by atoms with Gasteiger partial charge in [-0.1, -0.05) is 31.5 Å². The first-order valence-electron chi connectivity index (χ1n) is 4.63. The molecule has 1 amide bonds. The highest BCUT2D eigenvalue weighted by Gasteiger charge is 2.05. The Morgan fingerprint density at radius 2 is 1.86 bits per heavy atom. The summed E-state index contributed by atoms with van der Waals surface area (Å²) in [6.45, 7) is 5.80. The van der Waals surface area contributed by atoms with Gasteiger partial charge in [0.25, 0.3) is 0 Å². The molecular formula is C11H15NOS. The molecule has 0 fully saturated rings. The van der Waals surface area contributed by atoms with Crippen molar-refractivity contribution in [3.8, 4) is 0 Å². The molecule has 0 spiro atoms. The van der Waals surface area contributed by atoms with Gasteiger partial charge in [-0.05, 0) is 31.0 Å². The van der Waals surface area contributed by atoms with E-state index < -0.39 is 0 Å². The molecule has 0 atom stereocenters. The number of aryl methyl sites for hydroxylation is 1. The Morgan fingerprint density at radius 1 is 1.29 bits per heavy atom. The molecular weight excluding hydrogens is 194 g/mol. The smallest absolute Gasteiger partial charge is 0.232 e. The van der Waals surface area contributed by atoms with Gasteiger partial charge < -0.3 is 0 Å². The Balaban J connectivity index is 2.46. The summed E-state index contributed by atoms with van der Waals surface area (Å²) in [5.74, 6) is 0.100. The number of hydrogen-bond acceptors (Lipinski definition) is 2. The molecule has 0 aliphatic heterocycles. The fourth-order valence-electron chi connectivity index (χ4n) is 0.833. The zero-order valence-corrected chi connectivity index (χ0v) is 9.52. The van der Waals surface area contributed by atoms with Gasteiger partial charge in [-0.25, -0.2) is 0 Å². The third-order valence-electron chi connectivity index (χ3n) is 1.81. The Bertz CT molecular complexity index is 306. The van der Waals surface area contributed by atoms with Gasteiger partial charge in [-0.15, -0.1) is 0 Å². The molecule has 0 saturated heterocycles. The summed E-state index contributed by atoms with van der Waals surface area (Å²) in [4.78, 5) is 12.3. The Labute approximate surface area is 89.2 Å². The van der Waals surface area contributed by atoms with Crippen LogP contribution in [0, 0.1) is 12.8 Å². The van der Waals surface area contributed by atoms with E-state index in [4.69, 9.17) is 0 Å². The summed E-state index contributed by atoms with van der Waals surface area (Å²) in [6, 6.07) is 8.06. The standard InChI is InChI=1S/C11H15NOS/c1-8(2)11(13)12-14-10-6-4-9(3)5-7-10/h4-8H,1-3H3,(H,12,13). The zero-order chi connectivity index (χ0) is 10.6. The lowest BCUT2D eigenvalue weighted by Crippen LogP contribution is -2.21. The van der Waals surface area contributed by atoms with Crippen LogP contribution in [0.1, 0.15) is 19.4 Å². The first-order valence-corrected chi connectivity index (χ1v) is 5.44. The number of nitrogens with one attached hydrogen (secondary N) is 1. The van der Waals surface area contributed by atoms with Crippen molar-refractivity contribution in [2.75, 3.05) is 0 Å². The van der Waals surface area contributed by atoms with Gasteiger partial charge in [-0.3, -0.25) is 9.52 Å². The molecule has 0 radical (unpaired) electrons. The minimum atomic E-state index is 0.0351. The Morgan fingerprint density at radius 3 is 2.36 bits per heavy atom. The van der Waals surface area contributed by atoms with E-state index in [0.717, 1.165) is 4.90 Å². The highest BCUT2D eigenvalue weighted by molar-refractivity contribution is 7.98. The number of carbonyl (C=O) groups is 1. The van der Waals surface area contributed by atoms with Crippen molar-refractivity contribution in [1.29, 1.82) is 0 Å². The van der Waals surface area contributed by atoms with Crippen molar-refractivity contribution in [2.45, 2.75) is 25.7 Å². The second kappa shape index (κ2) is 5.05. The predicted octanol–water partition coefficient (Wildman–Crippen LogP) is 2.77. The van der Waals surface area contributed by atoms with E-state index in [1.165, 1.54) is 17.5 Å². The van der Waals surface area contributed by atoms with Gasteiger partial charge in [0.1, 0.15) is 0 Å².